The van der Waals surface area contributed by atoms with Gasteiger partial charge in [-0.05, 0) is 71.5 Å². The highest BCUT2D eigenvalue weighted by Crippen LogP contribution is 2.57. The number of rotatable bonds is 10. The van der Waals surface area contributed by atoms with Crippen LogP contribution < -0.4 is 10.2 Å². The molecule has 0 bridgehead atoms. The summed E-state index contributed by atoms with van der Waals surface area (Å²) in [5.74, 6) is -1.33. The summed E-state index contributed by atoms with van der Waals surface area (Å²) in [4.78, 5) is 50.6. The average molecular weight is 819 g/mol. The van der Waals surface area contributed by atoms with Gasteiger partial charge in [0.15, 0.2) is 0 Å². The molecule has 2 aliphatic carbocycles. The summed E-state index contributed by atoms with van der Waals surface area (Å²) in [5.41, 5.74) is 10.3. The van der Waals surface area contributed by atoms with Crippen molar-refractivity contribution in [2.75, 3.05) is 23.3 Å². The molecule has 9 rings (SSSR count). The van der Waals surface area contributed by atoms with Crippen LogP contribution in [0.2, 0.25) is 0 Å². The fourth-order valence-corrected chi connectivity index (χ4v) is 9.98. The Morgan fingerprint density at radius 1 is 0.645 bits per heavy atom. The van der Waals surface area contributed by atoms with Gasteiger partial charge in [-0.25, -0.2) is 4.99 Å². The van der Waals surface area contributed by atoms with E-state index in [1.165, 1.54) is 0 Å². The van der Waals surface area contributed by atoms with Crippen LogP contribution in [0.4, 0.5) is 11.4 Å². The number of allylic oxidation sites excluding steroid dienone is 6. The van der Waals surface area contributed by atoms with Crippen LogP contribution in [-0.2, 0) is 14.4 Å². The lowest BCUT2D eigenvalue weighted by atomic mass is 9.75. The number of nitrogens with zero attached hydrogens (tertiary/aromatic N) is 3. The minimum absolute atomic E-state index is 0.0583. The fraction of sp³-hybridized carbons (Fsp3) is 0.222. The number of fused-ring (bicyclic) bond motifs is 2. The lowest BCUT2D eigenvalue weighted by Crippen LogP contribution is -2.28. The molecule has 5 aromatic carbocycles. The Bertz CT molecular complexity index is 2730. The van der Waals surface area contributed by atoms with Crippen LogP contribution in [0, 0.1) is 0 Å². The zero-order valence-electron chi connectivity index (χ0n) is 35.5. The van der Waals surface area contributed by atoms with Crippen LogP contribution in [-0.4, -0.2) is 46.4 Å². The average Bonchev–Trinajstić information content (AvgIpc) is 3.81. The van der Waals surface area contributed by atoms with Gasteiger partial charge in [-0.1, -0.05) is 135 Å². The Morgan fingerprint density at radius 2 is 1.18 bits per heavy atom. The van der Waals surface area contributed by atoms with Crippen molar-refractivity contribution in [3.63, 3.8) is 0 Å². The first-order chi connectivity index (χ1) is 30.3. The van der Waals surface area contributed by atoms with E-state index in [4.69, 9.17) is 0 Å². The normalized spacial score (nSPS) is 22.3. The lowest BCUT2D eigenvalue weighted by Gasteiger charge is -2.30. The van der Waals surface area contributed by atoms with Crippen LogP contribution >= 0.6 is 0 Å². The molecule has 2 amide bonds. The summed E-state index contributed by atoms with van der Waals surface area (Å²) in [5, 5.41) is 15.4. The molecule has 1 fully saturated rings. The number of amides is 2. The number of hydrogen-bond donors (Lipinski definition) is 2. The number of Topliss-reactive ketones (excluding diaryl/α,β-unsaturated/α-hetero) is 1. The number of hydrogen-bond acceptors (Lipinski definition) is 6. The predicted octanol–water partition coefficient (Wildman–Crippen LogP) is 11.0. The largest absolute Gasteiger partial charge is 0.506 e. The lowest BCUT2D eigenvalue weighted by molar-refractivity contribution is -0.117. The highest BCUT2D eigenvalue weighted by Gasteiger charge is 2.47. The maximum absolute atomic E-state index is 15.0. The van der Waals surface area contributed by atoms with Crippen molar-refractivity contribution in [3.8, 4) is 0 Å². The molecule has 8 heteroatoms. The molecular weight excluding hydrogens is 769 g/mol. The molecule has 2 aliphatic heterocycles. The van der Waals surface area contributed by atoms with E-state index >= 15 is 0 Å². The number of likely N-dealkylation sites (tertiary alicyclic amines) is 1. The molecule has 0 radical (unpaired) electrons. The highest BCUT2D eigenvalue weighted by molar-refractivity contribution is 6.42. The molecule has 4 aliphatic rings. The molecule has 4 atom stereocenters. The summed E-state index contributed by atoms with van der Waals surface area (Å²) in [6, 6.07) is 45.3. The molecule has 62 heavy (non-hydrogen) atoms. The van der Waals surface area contributed by atoms with Gasteiger partial charge in [0, 0.05) is 60.3 Å². The van der Waals surface area contributed by atoms with Gasteiger partial charge in [0.25, 0.3) is 0 Å². The SMILES string of the molecule is CCC(=O)N=C1C=C2C(=CC1=C1C(=O)C(c3cc4c(cc3NC(=O)CC)N(CC)C(c3ccccc3)C4c3ccccc3)=C1O)C(c1ccccc1)C(c1ccccc1)N2CC. The number of ketones is 1. The molecule has 2 N–H and O–H groups in total. The Morgan fingerprint density at radius 3 is 1.69 bits per heavy atom. The van der Waals surface area contributed by atoms with E-state index in [1.54, 1.807) is 13.8 Å². The van der Waals surface area contributed by atoms with E-state index in [1.807, 2.05) is 84.9 Å². The van der Waals surface area contributed by atoms with E-state index in [2.05, 4.69) is 94.6 Å². The number of nitrogens with one attached hydrogen (secondary N) is 1. The van der Waals surface area contributed by atoms with E-state index in [-0.39, 0.29) is 71.3 Å². The Hall–Kier alpha value is -7.06. The molecule has 4 unspecified atom stereocenters. The summed E-state index contributed by atoms with van der Waals surface area (Å²) >= 11 is 0. The van der Waals surface area contributed by atoms with Gasteiger partial charge in [0.1, 0.15) is 5.76 Å². The number of aliphatic imine (C=N–C) groups is 1. The van der Waals surface area contributed by atoms with Gasteiger partial charge >= 0.3 is 0 Å². The molecule has 2 heterocycles. The minimum Gasteiger partial charge on any atom is -0.506 e. The Labute approximate surface area is 363 Å². The van der Waals surface area contributed by atoms with E-state index in [0.717, 1.165) is 44.8 Å². The van der Waals surface area contributed by atoms with Gasteiger partial charge in [-0.15, -0.1) is 0 Å². The zero-order chi connectivity index (χ0) is 43.1. The van der Waals surface area contributed by atoms with Crippen LogP contribution in [0.25, 0.3) is 5.57 Å². The fourth-order valence-electron chi connectivity index (χ4n) is 9.98. The van der Waals surface area contributed by atoms with Crippen molar-refractivity contribution in [2.24, 2.45) is 4.99 Å². The maximum atomic E-state index is 15.0. The van der Waals surface area contributed by atoms with Crippen LogP contribution in [0.3, 0.4) is 0 Å². The Kier molecular flexibility index (Phi) is 10.9. The van der Waals surface area contributed by atoms with Crippen molar-refractivity contribution < 1.29 is 19.5 Å². The topological polar surface area (TPSA) is 102 Å². The van der Waals surface area contributed by atoms with E-state index in [0.29, 0.717) is 35.6 Å². The van der Waals surface area contributed by atoms with Crippen LogP contribution in [0.5, 0.6) is 0 Å². The molecule has 1 saturated heterocycles. The standard InChI is InChI=1S/C54H50N4O4/c1-5-45(59)55-41-31-43-39(47(33-21-13-9-14-22-33)51(57(43)7-3)35-25-17-11-18-26-35)29-37(41)49-53(61)50(54(49)62)38-30-40-44(32-42(38)56-46(60)6-2)58(8-4)52(36-27-19-12-20-28-36)48(40)34-23-15-10-16-24-34/h9-32,47-48,51-52,61H,5-8H2,1-4H3,(H,55,59). The van der Waals surface area contributed by atoms with Gasteiger partial charge < -0.3 is 20.2 Å². The highest BCUT2D eigenvalue weighted by atomic mass is 16.3. The smallest absolute Gasteiger partial charge is 0.245 e. The van der Waals surface area contributed by atoms with Crippen LogP contribution in [0.1, 0.15) is 97.8 Å². The number of carbonyl (C=O) groups excluding carboxylic acids is 3. The number of benzene rings is 5. The van der Waals surface area contributed by atoms with Crippen molar-refractivity contribution in [1.29, 1.82) is 0 Å². The summed E-state index contributed by atoms with van der Waals surface area (Å²) in [6.45, 7) is 9.19. The molecular formula is C54H50N4O4. The number of aliphatic hydroxyl groups is 1. The van der Waals surface area contributed by atoms with Crippen molar-refractivity contribution in [2.45, 2.75) is 64.5 Å². The van der Waals surface area contributed by atoms with Crippen molar-refractivity contribution in [1.82, 2.24) is 4.90 Å². The first kappa shape index (κ1) is 40.4. The number of carbonyl (C=O) groups is 3. The first-order valence-corrected chi connectivity index (χ1v) is 21.8. The molecule has 5 aromatic rings. The zero-order valence-corrected chi connectivity index (χ0v) is 35.5. The second-order valence-corrected chi connectivity index (χ2v) is 16.1. The molecule has 310 valence electrons. The summed E-state index contributed by atoms with van der Waals surface area (Å²) < 4.78 is 0. The molecule has 0 saturated carbocycles. The molecule has 8 nitrogen and oxygen atoms in total. The minimum atomic E-state index is -0.378. The first-order valence-electron chi connectivity index (χ1n) is 21.8. The molecule has 0 spiro atoms. The third-order valence-electron chi connectivity index (χ3n) is 12.8. The van der Waals surface area contributed by atoms with Crippen molar-refractivity contribution >= 4 is 40.3 Å². The summed E-state index contributed by atoms with van der Waals surface area (Å²) in [6.07, 6.45) is 4.30. The second-order valence-electron chi connectivity index (χ2n) is 16.1. The summed E-state index contributed by atoms with van der Waals surface area (Å²) in [7, 11) is 0. The van der Waals surface area contributed by atoms with Crippen LogP contribution in [0.15, 0.2) is 179 Å². The van der Waals surface area contributed by atoms with Crippen molar-refractivity contribution in [3.05, 3.63) is 207 Å². The Balaban J connectivity index is 1.25. The van der Waals surface area contributed by atoms with Gasteiger partial charge in [0.2, 0.25) is 17.6 Å². The number of likely N-dealkylation sites (N-methyl/N-ethyl adjacent to an activating group) is 2. The van der Waals surface area contributed by atoms with Gasteiger partial charge in [-0.2, -0.15) is 0 Å². The third-order valence-corrected chi connectivity index (χ3v) is 12.8. The monoisotopic (exact) mass is 818 g/mol. The maximum Gasteiger partial charge on any atom is 0.245 e. The third kappa shape index (κ3) is 6.80. The van der Waals surface area contributed by atoms with Gasteiger partial charge in [-0.3, -0.25) is 14.4 Å². The number of aliphatic hydroxyl groups excluding tert-OH is 1. The van der Waals surface area contributed by atoms with E-state index in [9.17, 15) is 19.5 Å². The van der Waals surface area contributed by atoms with Gasteiger partial charge in [0.05, 0.1) is 34.6 Å². The molecule has 0 aromatic heterocycles. The number of anilines is 2. The van der Waals surface area contributed by atoms with E-state index < -0.39 is 0 Å². The second kappa shape index (κ2) is 16.8. The quantitative estimate of drug-likeness (QED) is 0.136. The predicted molar refractivity (Wildman–Crippen MR) is 247 cm³/mol.